The third-order valence-electron chi connectivity index (χ3n) is 3.14. The smallest absolute Gasteiger partial charge is 0.273 e. The van der Waals surface area contributed by atoms with Gasteiger partial charge in [0.05, 0.1) is 22.6 Å². The zero-order valence-electron chi connectivity index (χ0n) is 12.7. The molecule has 2 amide bonds. The number of hydrogen-bond acceptors (Lipinski definition) is 6. The number of hydrazine groups is 1. The Morgan fingerprint density at radius 1 is 1.16 bits per heavy atom. The van der Waals surface area contributed by atoms with E-state index in [1.165, 1.54) is 23.5 Å². The number of nitrogens with zero attached hydrogens (tertiary/aromatic N) is 1. The summed E-state index contributed by atoms with van der Waals surface area (Å²) in [5.41, 5.74) is 5.30. The number of nitrogens with one attached hydrogen (secondary N) is 2. The fourth-order valence-corrected chi connectivity index (χ4v) is 4.32. The van der Waals surface area contributed by atoms with Gasteiger partial charge < -0.3 is 5.11 Å². The van der Waals surface area contributed by atoms with Crippen molar-refractivity contribution in [1.29, 1.82) is 0 Å². The molecule has 0 radical (unpaired) electrons. The van der Waals surface area contributed by atoms with Gasteiger partial charge in [0.1, 0.15) is 10.8 Å². The highest BCUT2D eigenvalue weighted by molar-refractivity contribution is 9.10. The van der Waals surface area contributed by atoms with Crippen LogP contribution < -0.4 is 10.9 Å². The van der Waals surface area contributed by atoms with Gasteiger partial charge in [-0.25, -0.2) is 4.98 Å². The standard InChI is InChI=1S/C16H12BrN3O3S2/c17-9-5-13(24-7-9)16-18-10(8-25-16)6-14(22)19-20-15(23)11-3-1-2-4-12(11)21/h1-5,7-8,21H,6H2,(H,19,22)(H,20,23). The van der Waals surface area contributed by atoms with Crippen LogP contribution in [-0.2, 0) is 11.2 Å². The van der Waals surface area contributed by atoms with E-state index in [1.54, 1.807) is 23.5 Å². The number of phenolic OH excluding ortho intramolecular Hbond substituents is 1. The summed E-state index contributed by atoms with van der Waals surface area (Å²) in [4.78, 5) is 29.3. The summed E-state index contributed by atoms with van der Waals surface area (Å²) < 4.78 is 0.994. The number of thiazole rings is 1. The van der Waals surface area contributed by atoms with Crippen LogP contribution in [0.15, 0.2) is 45.6 Å². The highest BCUT2D eigenvalue weighted by Gasteiger charge is 2.13. The Hall–Kier alpha value is -2.23. The Morgan fingerprint density at radius 3 is 2.68 bits per heavy atom. The average Bonchev–Trinajstić information content (AvgIpc) is 3.22. The quantitative estimate of drug-likeness (QED) is 0.545. The monoisotopic (exact) mass is 437 g/mol. The topological polar surface area (TPSA) is 91.3 Å². The van der Waals surface area contributed by atoms with Crippen molar-refractivity contribution >= 4 is 50.4 Å². The zero-order chi connectivity index (χ0) is 17.8. The van der Waals surface area contributed by atoms with E-state index in [2.05, 4.69) is 31.8 Å². The van der Waals surface area contributed by atoms with Gasteiger partial charge in [0.15, 0.2) is 0 Å². The molecular formula is C16H12BrN3O3S2. The van der Waals surface area contributed by atoms with Crippen molar-refractivity contribution in [2.75, 3.05) is 0 Å². The normalized spacial score (nSPS) is 10.4. The Bertz CT molecular complexity index is 923. The van der Waals surface area contributed by atoms with Crippen LogP contribution in [0.2, 0.25) is 0 Å². The first-order valence-electron chi connectivity index (χ1n) is 7.09. The number of para-hydroxylation sites is 1. The lowest BCUT2D eigenvalue weighted by Gasteiger charge is -2.07. The summed E-state index contributed by atoms with van der Waals surface area (Å²) in [6, 6.07) is 8.06. The minimum absolute atomic E-state index is 0.0457. The maximum Gasteiger partial charge on any atom is 0.273 e. The molecule has 6 nitrogen and oxygen atoms in total. The van der Waals surface area contributed by atoms with Crippen molar-refractivity contribution in [2.24, 2.45) is 0 Å². The Morgan fingerprint density at radius 2 is 1.96 bits per heavy atom. The molecule has 0 saturated heterocycles. The van der Waals surface area contributed by atoms with Gasteiger partial charge in [-0.2, -0.15) is 0 Å². The number of carbonyl (C=O) groups is 2. The van der Waals surface area contributed by atoms with Crippen LogP contribution in [0.5, 0.6) is 5.75 Å². The molecule has 0 spiro atoms. The Kier molecular flexibility index (Phi) is 5.47. The Balaban J connectivity index is 1.55. The Labute approximate surface area is 159 Å². The largest absolute Gasteiger partial charge is 0.507 e. The fourth-order valence-electron chi connectivity index (χ4n) is 1.99. The first kappa shape index (κ1) is 17.6. The predicted molar refractivity (Wildman–Crippen MR) is 101 cm³/mol. The lowest BCUT2D eigenvalue weighted by Crippen LogP contribution is -2.42. The lowest BCUT2D eigenvalue weighted by molar-refractivity contribution is -0.121. The van der Waals surface area contributed by atoms with Crippen LogP contribution in [0.3, 0.4) is 0 Å². The summed E-state index contributed by atoms with van der Waals surface area (Å²) in [5, 5.41) is 14.2. The molecule has 1 aromatic carbocycles. The second-order valence-corrected chi connectivity index (χ2v) is 7.65. The third kappa shape index (κ3) is 4.44. The van der Waals surface area contributed by atoms with Gasteiger partial charge in [-0.15, -0.1) is 22.7 Å². The van der Waals surface area contributed by atoms with E-state index in [-0.39, 0.29) is 17.7 Å². The van der Waals surface area contributed by atoms with Crippen molar-refractivity contribution in [3.63, 3.8) is 0 Å². The van der Waals surface area contributed by atoms with E-state index in [4.69, 9.17) is 0 Å². The van der Waals surface area contributed by atoms with Gasteiger partial charge in [0, 0.05) is 15.2 Å². The predicted octanol–water partition coefficient (Wildman–Crippen LogP) is 3.34. The van der Waals surface area contributed by atoms with Gasteiger partial charge in [0.25, 0.3) is 5.91 Å². The molecule has 2 aromatic heterocycles. The van der Waals surface area contributed by atoms with Gasteiger partial charge in [0.2, 0.25) is 5.91 Å². The number of thiophene rings is 1. The molecule has 0 saturated carbocycles. The van der Waals surface area contributed by atoms with Crippen molar-refractivity contribution in [2.45, 2.75) is 6.42 Å². The number of aromatic hydroxyl groups is 1. The van der Waals surface area contributed by atoms with Crippen LogP contribution in [0, 0.1) is 0 Å². The summed E-state index contributed by atoms with van der Waals surface area (Å²) >= 11 is 6.43. The number of phenols is 1. The molecule has 0 aliphatic rings. The van der Waals surface area contributed by atoms with Crippen LogP contribution >= 0.6 is 38.6 Å². The van der Waals surface area contributed by atoms with E-state index in [0.717, 1.165) is 14.4 Å². The molecule has 2 heterocycles. The average molecular weight is 438 g/mol. The van der Waals surface area contributed by atoms with E-state index < -0.39 is 11.8 Å². The van der Waals surface area contributed by atoms with Crippen molar-refractivity contribution in [3.8, 4) is 15.6 Å². The van der Waals surface area contributed by atoms with Crippen LogP contribution in [-0.4, -0.2) is 21.9 Å². The third-order valence-corrected chi connectivity index (χ3v) is 5.89. The van der Waals surface area contributed by atoms with E-state index in [1.807, 2.05) is 16.8 Å². The maximum absolute atomic E-state index is 12.0. The van der Waals surface area contributed by atoms with Crippen molar-refractivity contribution in [1.82, 2.24) is 15.8 Å². The van der Waals surface area contributed by atoms with Crippen LogP contribution in [0.4, 0.5) is 0 Å². The number of rotatable bonds is 4. The second-order valence-electron chi connectivity index (χ2n) is 4.97. The minimum Gasteiger partial charge on any atom is -0.507 e. The molecule has 3 aromatic rings. The van der Waals surface area contributed by atoms with E-state index >= 15 is 0 Å². The molecule has 0 unspecified atom stereocenters. The second kappa shape index (κ2) is 7.77. The van der Waals surface area contributed by atoms with Crippen molar-refractivity contribution < 1.29 is 14.7 Å². The summed E-state index contributed by atoms with van der Waals surface area (Å²) in [6.07, 6.45) is 0.0457. The highest BCUT2D eigenvalue weighted by Crippen LogP contribution is 2.32. The molecule has 128 valence electrons. The number of carbonyl (C=O) groups excluding carboxylic acids is 2. The molecule has 0 atom stereocenters. The zero-order valence-corrected chi connectivity index (χ0v) is 15.9. The fraction of sp³-hybridized carbons (Fsp3) is 0.0625. The maximum atomic E-state index is 12.0. The molecule has 0 aliphatic carbocycles. The molecule has 25 heavy (non-hydrogen) atoms. The molecule has 0 aliphatic heterocycles. The molecule has 3 rings (SSSR count). The number of aromatic nitrogens is 1. The SMILES string of the molecule is O=C(Cc1csc(-c2cc(Br)cs2)n1)NNC(=O)c1ccccc1O. The molecular weight excluding hydrogens is 426 g/mol. The number of halogens is 1. The summed E-state index contributed by atoms with van der Waals surface area (Å²) in [6.45, 7) is 0. The highest BCUT2D eigenvalue weighted by atomic mass is 79.9. The van der Waals surface area contributed by atoms with Crippen molar-refractivity contribution in [3.05, 3.63) is 56.8 Å². The van der Waals surface area contributed by atoms with Crippen LogP contribution in [0.25, 0.3) is 9.88 Å². The number of hydrogen-bond donors (Lipinski definition) is 3. The summed E-state index contributed by atoms with van der Waals surface area (Å²) in [7, 11) is 0. The summed E-state index contributed by atoms with van der Waals surface area (Å²) in [5.74, 6) is -1.14. The molecule has 0 fully saturated rings. The van der Waals surface area contributed by atoms with Gasteiger partial charge in [-0.3, -0.25) is 20.4 Å². The first-order chi connectivity index (χ1) is 12.0. The number of amides is 2. The molecule has 3 N–H and O–H groups in total. The number of benzene rings is 1. The molecule has 0 bridgehead atoms. The lowest BCUT2D eigenvalue weighted by atomic mass is 10.2. The van der Waals surface area contributed by atoms with Crippen LogP contribution in [0.1, 0.15) is 16.1 Å². The first-order valence-corrected chi connectivity index (χ1v) is 9.64. The minimum atomic E-state index is -0.589. The van der Waals surface area contributed by atoms with E-state index in [9.17, 15) is 14.7 Å². The van der Waals surface area contributed by atoms with E-state index in [0.29, 0.717) is 5.69 Å². The molecule has 9 heteroatoms. The van der Waals surface area contributed by atoms with Gasteiger partial charge in [-0.1, -0.05) is 12.1 Å². The van der Waals surface area contributed by atoms with Gasteiger partial charge in [-0.05, 0) is 34.1 Å². The van der Waals surface area contributed by atoms with Gasteiger partial charge >= 0.3 is 0 Å².